The highest BCUT2D eigenvalue weighted by atomic mass is 16.2. The molecule has 3 rings (SSSR count). The largest absolute Gasteiger partial charge is 0.399 e. The fourth-order valence-corrected chi connectivity index (χ4v) is 3.08. The normalized spacial score (nSPS) is 13.9. The number of nitrogens with zero attached hydrogens (tertiary/aromatic N) is 1. The van der Waals surface area contributed by atoms with Gasteiger partial charge in [-0.2, -0.15) is 0 Å². The molecule has 0 spiro atoms. The van der Waals surface area contributed by atoms with E-state index in [0.29, 0.717) is 0 Å². The quantitative estimate of drug-likeness (QED) is 0.813. The number of hydrogen-bond donors (Lipinski definition) is 1. The van der Waals surface area contributed by atoms with E-state index in [1.165, 1.54) is 5.56 Å². The summed E-state index contributed by atoms with van der Waals surface area (Å²) in [6.07, 6.45) is 1.96. The molecule has 0 atom stereocenters. The Hall–Kier alpha value is -2.29. The first kappa shape index (κ1) is 13.7. The molecule has 0 unspecified atom stereocenters. The van der Waals surface area contributed by atoms with Crippen LogP contribution in [-0.2, 0) is 6.42 Å². The van der Waals surface area contributed by atoms with E-state index in [1.54, 1.807) is 0 Å². The summed E-state index contributed by atoms with van der Waals surface area (Å²) in [5, 5.41) is 0. The number of rotatable bonds is 1. The van der Waals surface area contributed by atoms with Crippen molar-refractivity contribution in [3.63, 3.8) is 0 Å². The third-order valence-electron chi connectivity index (χ3n) is 3.94. The highest BCUT2D eigenvalue weighted by Crippen LogP contribution is 2.30. The van der Waals surface area contributed by atoms with Crippen molar-refractivity contribution in [3.05, 3.63) is 58.7 Å². The average Bonchev–Trinajstić information content (AvgIpc) is 2.44. The summed E-state index contributed by atoms with van der Waals surface area (Å²) in [4.78, 5) is 14.7. The Morgan fingerprint density at radius 1 is 1.10 bits per heavy atom. The second kappa shape index (κ2) is 5.24. The number of nitrogens with two attached hydrogens (primary N) is 1. The van der Waals surface area contributed by atoms with E-state index >= 15 is 0 Å². The van der Waals surface area contributed by atoms with Crippen molar-refractivity contribution in [2.45, 2.75) is 26.7 Å². The van der Waals surface area contributed by atoms with Gasteiger partial charge in [-0.15, -0.1) is 0 Å². The summed E-state index contributed by atoms with van der Waals surface area (Å²) in [7, 11) is 0. The summed E-state index contributed by atoms with van der Waals surface area (Å²) in [6.45, 7) is 4.81. The number of hydrogen-bond acceptors (Lipinski definition) is 2. The molecule has 0 radical (unpaired) electrons. The van der Waals surface area contributed by atoms with Crippen molar-refractivity contribution in [1.29, 1.82) is 0 Å². The minimum Gasteiger partial charge on any atom is -0.399 e. The van der Waals surface area contributed by atoms with Crippen molar-refractivity contribution in [2.24, 2.45) is 0 Å². The van der Waals surface area contributed by atoms with Crippen LogP contribution in [0.2, 0.25) is 0 Å². The summed E-state index contributed by atoms with van der Waals surface area (Å²) in [6, 6.07) is 11.8. The van der Waals surface area contributed by atoms with Crippen molar-refractivity contribution < 1.29 is 4.79 Å². The van der Waals surface area contributed by atoms with Gasteiger partial charge in [-0.1, -0.05) is 17.2 Å². The maximum atomic E-state index is 12.8. The van der Waals surface area contributed by atoms with E-state index in [4.69, 9.17) is 5.73 Å². The predicted octanol–water partition coefficient (Wildman–Crippen LogP) is 3.48. The zero-order valence-electron chi connectivity index (χ0n) is 12.5. The Labute approximate surface area is 125 Å². The zero-order chi connectivity index (χ0) is 15.0. The van der Waals surface area contributed by atoms with Crippen LogP contribution in [0.1, 0.15) is 33.5 Å². The van der Waals surface area contributed by atoms with Crippen LogP contribution in [-0.4, -0.2) is 12.5 Å². The standard InChI is InChI=1S/C18H20N2O/c1-12-8-13(2)10-15(9-12)18(21)20-7-3-4-14-11-16(19)5-6-17(14)20/h5-6,8-11H,3-4,7,19H2,1-2H3. The van der Waals surface area contributed by atoms with E-state index in [-0.39, 0.29) is 5.91 Å². The van der Waals surface area contributed by atoms with Crippen LogP contribution in [0.4, 0.5) is 11.4 Å². The molecule has 0 aromatic heterocycles. The fourth-order valence-electron chi connectivity index (χ4n) is 3.08. The lowest BCUT2D eigenvalue weighted by molar-refractivity contribution is 0.0985. The minimum absolute atomic E-state index is 0.0764. The van der Waals surface area contributed by atoms with Crippen molar-refractivity contribution in [2.75, 3.05) is 17.2 Å². The lowest BCUT2D eigenvalue weighted by atomic mass is 9.99. The van der Waals surface area contributed by atoms with E-state index in [2.05, 4.69) is 6.07 Å². The number of carbonyl (C=O) groups excluding carboxylic acids is 1. The van der Waals surface area contributed by atoms with Gasteiger partial charge in [-0.3, -0.25) is 4.79 Å². The molecule has 2 N–H and O–H groups in total. The Balaban J connectivity index is 2.00. The predicted molar refractivity (Wildman–Crippen MR) is 86.8 cm³/mol. The van der Waals surface area contributed by atoms with Crippen LogP contribution >= 0.6 is 0 Å². The lowest BCUT2D eigenvalue weighted by Gasteiger charge is -2.30. The molecule has 21 heavy (non-hydrogen) atoms. The number of amides is 1. The van der Waals surface area contributed by atoms with Gasteiger partial charge >= 0.3 is 0 Å². The van der Waals surface area contributed by atoms with Gasteiger partial charge < -0.3 is 10.6 Å². The first-order valence-corrected chi connectivity index (χ1v) is 7.33. The molecule has 2 aromatic carbocycles. The average molecular weight is 280 g/mol. The van der Waals surface area contributed by atoms with E-state index in [9.17, 15) is 4.79 Å². The number of nitrogen functional groups attached to an aromatic ring is 1. The summed E-state index contributed by atoms with van der Waals surface area (Å²) < 4.78 is 0. The van der Waals surface area contributed by atoms with Gasteiger partial charge in [0.2, 0.25) is 0 Å². The number of carbonyl (C=O) groups is 1. The molecule has 0 aliphatic carbocycles. The van der Waals surface area contributed by atoms with Crippen LogP contribution < -0.4 is 10.6 Å². The number of benzene rings is 2. The Kier molecular flexibility index (Phi) is 3.42. The summed E-state index contributed by atoms with van der Waals surface area (Å²) in [5.41, 5.74) is 11.8. The third-order valence-corrected chi connectivity index (χ3v) is 3.94. The second-order valence-electron chi connectivity index (χ2n) is 5.82. The third kappa shape index (κ3) is 2.64. The van der Waals surface area contributed by atoms with E-state index in [1.807, 2.05) is 49.1 Å². The highest BCUT2D eigenvalue weighted by Gasteiger charge is 2.23. The highest BCUT2D eigenvalue weighted by molar-refractivity contribution is 6.07. The molecule has 3 heteroatoms. The van der Waals surface area contributed by atoms with Crippen LogP contribution in [0.5, 0.6) is 0 Å². The molecule has 3 nitrogen and oxygen atoms in total. The van der Waals surface area contributed by atoms with Crippen LogP contribution in [0.3, 0.4) is 0 Å². The van der Waals surface area contributed by atoms with E-state index < -0.39 is 0 Å². The maximum absolute atomic E-state index is 12.8. The molecular formula is C18H20N2O. The van der Waals surface area contributed by atoms with Crippen molar-refractivity contribution >= 4 is 17.3 Å². The minimum atomic E-state index is 0.0764. The van der Waals surface area contributed by atoms with Crippen molar-refractivity contribution in [3.8, 4) is 0 Å². The van der Waals surface area contributed by atoms with Gasteiger partial charge in [0, 0.05) is 23.5 Å². The summed E-state index contributed by atoms with van der Waals surface area (Å²) in [5.74, 6) is 0.0764. The molecule has 0 fully saturated rings. The number of anilines is 2. The smallest absolute Gasteiger partial charge is 0.258 e. The molecule has 0 bridgehead atoms. The first-order chi connectivity index (χ1) is 10.0. The van der Waals surface area contributed by atoms with Gasteiger partial charge in [-0.05, 0) is 62.6 Å². The molecule has 1 heterocycles. The Bertz CT molecular complexity index is 686. The first-order valence-electron chi connectivity index (χ1n) is 7.33. The maximum Gasteiger partial charge on any atom is 0.258 e. The molecule has 2 aromatic rings. The number of aryl methyl sites for hydroxylation is 3. The van der Waals surface area contributed by atoms with Gasteiger partial charge in [0.1, 0.15) is 0 Å². The molecule has 0 saturated heterocycles. The Morgan fingerprint density at radius 2 is 1.81 bits per heavy atom. The van der Waals surface area contributed by atoms with Gasteiger partial charge in [0.25, 0.3) is 5.91 Å². The Morgan fingerprint density at radius 3 is 2.52 bits per heavy atom. The van der Waals surface area contributed by atoms with Gasteiger partial charge in [-0.25, -0.2) is 0 Å². The van der Waals surface area contributed by atoms with E-state index in [0.717, 1.165) is 47.5 Å². The lowest BCUT2D eigenvalue weighted by Crippen LogP contribution is -2.35. The SMILES string of the molecule is Cc1cc(C)cc(C(=O)N2CCCc3cc(N)ccc32)c1. The monoisotopic (exact) mass is 280 g/mol. The fraction of sp³-hybridized carbons (Fsp3) is 0.278. The van der Waals surface area contributed by atoms with Gasteiger partial charge in [0.05, 0.1) is 0 Å². The molecule has 108 valence electrons. The second-order valence-corrected chi connectivity index (χ2v) is 5.82. The van der Waals surface area contributed by atoms with Crippen LogP contribution in [0.25, 0.3) is 0 Å². The molecule has 1 aliphatic rings. The molecule has 1 amide bonds. The van der Waals surface area contributed by atoms with Gasteiger partial charge in [0.15, 0.2) is 0 Å². The molecule has 1 aliphatic heterocycles. The van der Waals surface area contributed by atoms with Crippen LogP contribution in [0, 0.1) is 13.8 Å². The zero-order valence-corrected chi connectivity index (χ0v) is 12.5. The number of fused-ring (bicyclic) bond motifs is 1. The molecule has 0 saturated carbocycles. The molecular weight excluding hydrogens is 260 g/mol. The van der Waals surface area contributed by atoms with Crippen LogP contribution in [0.15, 0.2) is 36.4 Å². The summed E-state index contributed by atoms with van der Waals surface area (Å²) >= 11 is 0. The topological polar surface area (TPSA) is 46.3 Å². The van der Waals surface area contributed by atoms with Crippen molar-refractivity contribution in [1.82, 2.24) is 0 Å².